The van der Waals surface area contributed by atoms with Crippen LogP contribution >= 0.6 is 0 Å². The number of aromatic amines is 1. The average Bonchev–Trinajstić information content (AvgIpc) is 2.55. The number of aromatic nitrogens is 4. The molecule has 0 aliphatic carbocycles. The maximum Gasteiger partial charge on any atom is 0.345 e. The number of hydrogen-bond acceptors (Lipinski definition) is 4. The molecular formula is C16H12N4O. The van der Waals surface area contributed by atoms with Gasteiger partial charge in [0.25, 0.3) is 0 Å². The zero-order valence-corrected chi connectivity index (χ0v) is 11.1. The van der Waals surface area contributed by atoms with Gasteiger partial charge in [-0.2, -0.15) is 0 Å². The second kappa shape index (κ2) is 5.92. The quantitative estimate of drug-likeness (QED) is 0.536. The van der Waals surface area contributed by atoms with Crippen LogP contribution in [0.2, 0.25) is 0 Å². The molecule has 0 amide bonds. The second-order valence-corrected chi connectivity index (χ2v) is 4.36. The minimum Gasteiger partial charge on any atom is -0.305 e. The SMILES string of the molecule is O=c1ncc2ccccc2[nH]1.c1ccc2ncncc2c1. The van der Waals surface area contributed by atoms with Crippen LogP contribution in [-0.2, 0) is 0 Å². The van der Waals surface area contributed by atoms with Crippen molar-refractivity contribution < 1.29 is 0 Å². The summed E-state index contributed by atoms with van der Waals surface area (Å²) in [7, 11) is 0. The van der Waals surface area contributed by atoms with E-state index in [4.69, 9.17) is 0 Å². The van der Waals surface area contributed by atoms with Gasteiger partial charge in [0.15, 0.2) is 0 Å². The van der Waals surface area contributed by atoms with Crippen LogP contribution in [-0.4, -0.2) is 19.9 Å². The van der Waals surface area contributed by atoms with Crippen molar-refractivity contribution in [3.05, 3.63) is 77.7 Å². The number of nitrogens with zero attached hydrogens (tertiary/aromatic N) is 3. The van der Waals surface area contributed by atoms with E-state index in [9.17, 15) is 4.79 Å². The number of benzene rings is 2. The predicted molar refractivity (Wildman–Crippen MR) is 81.9 cm³/mol. The Labute approximate surface area is 120 Å². The monoisotopic (exact) mass is 276 g/mol. The first kappa shape index (κ1) is 12.9. The molecule has 0 saturated heterocycles. The number of hydrogen-bond donors (Lipinski definition) is 1. The van der Waals surface area contributed by atoms with E-state index in [2.05, 4.69) is 19.9 Å². The van der Waals surface area contributed by atoms with Gasteiger partial charge in [-0.15, -0.1) is 0 Å². The Bertz CT molecular complexity index is 868. The molecule has 0 bridgehead atoms. The molecule has 2 aromatic carbocycles. The average molecular weight is 276 g/mol. The zero-order chi connectivity index (χ0) is 14.5. The maximum absolute atomic E-state index is 10.7. The molecule has 2 heterocycles. The standard InChI is InChI=1S/C8H6N2O.C8H6N2/c11-8-9-5-6-3-1-2-4-7(6)10-8;1-2-4-8-7(3-1)5-9-6-10-8/h1-5H,(H,9,10,11);1-6H. The van der Waals surface area contributed by atoms with Crippen LogP contribution in [0, 0.1) is 0 Å². The van der Waals surface area contributed by atoms with Gasteiger partial charge in [-0.05, 0) is 12.1 Å². The van der Waals surface area contributed by atoms with Crippen LogP contribution in [0.1, 0.15) is 0 Å². The van der Waals surface area contributed by atoms with Crippen molar-refractivity contribution in [3.63, 3.8) is 0 Å². The smallest absolute Gasteiger partial charge is 0.305 e. The first-order valence-electron chi connectivity index (χ1n) is 6.42. The molecule has 4 rings (SSSR count). The third-order valence-corrected chi connectivity index (χ3v) is 2.94. The van der Waals surface area contributed by atoms with Gasteiger partial charge in [-0.3, -0.25) is 0 Å². The molecule has 0 spiro atoms. The highest BCUT2D eigenvalue weighted by molar-refractivity contribution is 5.77. The third-order valence-electron chi connectivity index (χ3n) is 2.94. The van der Waals surface area contributed by atoms with Crippen LogP contribution in [0.4, 0.5) is 0 Å². The van der Waals surface area contributed by atoms with Crippen LogP contribution in [0.15, 0.2) is 72.0 Å². The van der Waals surface area contributed by atoms with E-state index in [0.717, 1.165) is 21.8 Å². The summed E-state index contributed by atoms with van der Waals surface area (Å²) < 4.78 is 0. The lowest BCUT2D eigenvalue weighted by molar-refractivity contribution is 1.12. The summed E-state index contributed by atoms with van der Waals surface area (Å²) in [6.45, 7) is 0. The molecule has 0 aliphatic heterocycles. The van der Waals surface area contributed by atoms with Gasteiger partial charge >= 0.3 is 5.69 Å². The lowest BCUT2D eigenvalue weighted by atomic mass is 10.2. The van der Waals surface area contributed by atoms with Gasteiger partial charge in [0.2, 0.25) is 0 Å². The molecule has 0 fully saturated rings. The largest absolute Gasteiger partial charge is 0.345 e. The highest BCUT2D eigenvalue weighted by atomic mass is 16.1. The Balaban J connectivity index is 0.000000126. The van der Waals surface area contributed by atoms with Crippen molar-refractivity contribution in [2.45, 2.75) is 0 Å². The van der Waals surface area contributed by atoms with Crippen LogP contribution < -0.4 is 5.69 Å². The molecule has 0 radical (unpaired) electrons. The first-order chi connectivity index (χ1) is 10.3. The molecule has 0 aliphatic rings. The van der Waals surface area contributed by atoms with Crippen LogP contribution in [0.3, 0.4) is 0 Å². The second-order valence-electron chi connectivity index (χ2n) is 4.36. The maximum atomic E-state index is 10.7. The Kier molecular flexibility index (Phi) is 3.64. The summed E-state index contributed by atoms with van der Waals surface area (Å²) in [5, 5.41) is 2.04. The molecule has 5 nitrogen and oxygen atoms in total. The molecule has 0 atom stereocenters. The summed E-state index contributed by atoms with van der Waals surface area (Å²) in [5.41, 5.74) is 1.52. The molecule has 0 saturated carbocycles. The highest BCUT2D eigenvalue weighted by Gasteiger charge is 1.90. The van der Waals surface area contributed by atoms with E-state index in [-0.39, 0.29) is 5.69 Å². The zero-order valence-electron chi connectivity index (χ0n) is 11.1. The van der Waals surface area contributed by atoms with E-state index < -0.39 is 0 Å². The molecule has 0 unspecified atom stereocenters. The highest BCUT2D eigenvalue weighted by Crippen LogP contribution is 2.06. The van der Waals surface area contributed by atoms with Crippen LogP contribution in [0.25, 0.3) is 21.8 Å². The number of rotatable bonds is 0. The summed E-state index contributed by atoms with van der Waals surface area (Å²) in [5.74, 6) is 0. The summed E-state index contributed by atoms with van der Waals surface area (Å²) in [6, 6.07) is 15.4. The minimum absolute atomic E-state index is 0.302. The summed E-state index contributed by atoms with van der Waals surface area (Å²) >= 11 is 0. The Morgan fingerprint density at radius 1 is 0.810 bits per heavy atom. The normalized spacial score (nSPS) is 10.1. The van der Waals surface area contributed by atoms with Crippen molar-refractivity contribution in [3.8, 4) is 0 Å². The van der Waals surface area contributed by atoms with Crippen molar-refractivity contribution in [2.75, 3.05) is 0 Å². The van der Waals surface area contributed by atoms with Crippen molar-refractivity contribution >= 4 is 21.8 Å². The molecule has 5 heteroatoms. The van der Waals surface area contributed by atoms with E-state index in [1.165, 1.54) is 0 Å². The first-order valence-corrected chi connectivity index (χ1v) is 6.42. The number of H-pyrrole nitrogens is 1. The summed E-state index contributed by atoms with van der Waals surface area (Å²) in [4.78, 5) is 24.9. The number of para-hydroxylation sites is 2. The van der Waals surface area contributed by atoms with E-state index >= 15 is 0 Å². The van der Waals surface area contributed by atoms with Gasteiger partial charge < -0.3 is 4.98 Å². The fourth-order valence-electron chi connectivity index (χ4n) is 1.92. The van der Waals surface area contributed by atoms with Gasteiger partial charge in [0.05, 0.1) is 11.0 Å². The van der Waals surface area contributed by atoms with Gasteiger partial charge in [-0.25, -0.2) is 19.7 Å². The number of fused-ring (bicyclic) bond motifs is 2. The van der Waals surface area contributed by atoms with E-state index in [1.54, 1.807) is 12.5 Å². The Hall–Kier alpha value is -3.08. The molecule has 1 N–H and O–H groups in total. The predicted octanol–water partition coefficient (Wildman–Crippen LogP) is 2.55. The Morgan fingerprint density at radius 2 is 1.57 bits per heavy atom. The molecule has 21 heavy (non-hydrogen) atoms. The Morgan fingerprint density at radius 3 is 2.43 bits per heavy atom. The van der Waals surface area contributed by atoms with Crippen molar-refractivity contribution in [1.82, 2.24) is 19.9 Å². The molecular weight excluding hydrogens is 264 g/mol. The topological polar surface area (TPSA) is 71.5 Å². The van der Waals surface area contributed by atoms with E-state index in [0.29, 0.717) is 0 Å². The summed E-state index contributed by atoms with van der Waals surface area (Å²) in [6.07, 6.45) is 4.93. The minimum atomic E-state index is -0.302. The molecule has 2 aromatic heterocycles. The molecule has 102 valence electrons. The van der Waals surface area contributed by atoms with Gasteiger partial charge in [0, 0.05) is 23.2 Å². The van der Waals surface area contributed by atoms with Crippen LogP contribution in [0.5, 0.6) is 0 Å². The fourth-order valence-corrected chi connectivity index (χ4v) is 1.92. The number of nitrogens with one attached hydrogen (secondary N) is 1. The van der Waals surface area contributed by atoms with Crippen molar-refractivity contribution in [1.29, 1.82) is 0 Å². The third kappa shape index (κ3) is 3.09. The van der Waals surface area contributed by atoms with Gasteiger partial charge in [-0.1, -0.05) is 36.4 Å². The van der Waals surface area contributed by atoms with Crippen molar-refractivity contribution in [2.24, 2.45) is 0 Å². The van der Waals surface area contributed by atoms with Gasteiger partial charge in [0.1, 0.15) is 6.33 Å². The lowest BCUT2D eigenvalue weighted by Gasteiger charge is -1.92. The molecule has 4 aromatic rings. The fraction of sp³-hybridized carbons (Fsp3) is 0. The lowest BCUT2D eigenvalue weighted by Crippen LogP contribution is -2.07. The van der Waals surface area contributed by atoms with E-state index in [1.807, 2.05) is 54.7 Å².